The molecule has 0 amide bonds. The Bertz CT molecular complexity index is 2570. The first-order valence-corrected chi connectivity index (χ1v) is 15.6. The van der Waals surface area contributed by atoms with E-state index in [1.54, 1.807) is 60.7 Å². The number of ether oxygens (including phenoxy) is 3. The number of cyclic esters (lactones) is 2. The van der Waals surface area contributed by atoms with Gasteiger partial charge in [-0.25, -0.2) is 19.2 Å². The number of carbonyl (C=O) groups excluding carboxylic acids is 6. The Labute approximate surface area is 281 Å². The van der Waals surface area contributed by atoms with E-state index in [1.165, 1.54) is 24.3 Å². The summed E-state index contributed by atoms with van der Waals surface area (Å²) in [5.41, 5.74) is 1.94. The zero-order valence-corrected chi connectivity index (χ0v) is 25.8. The lowest BCUT2D eigenvalue weighted by Gasteiger charge is -2.09. The Morgan fingerprint density at radius 1 is 0.420 bits per heavy atom. The van der Waals surface area contributed by atoms with Crippen LogP contribution >= 0.6 is 0 Å². The number of ketones is 2. The summed E-state index contributed by atoms with van der Waals surface area (Å²) in [6, 6.07) is 30.6. The molecule has 1 heterocycles. The van der Waals surface area contributed by atoms with Crippen molar-refractivity contribution in [1.29, 1.82) is 0 Å². The molecular formula is C41H20O9. The molecule has 9 rings (SSSR count). The first kappa shape index (κ1) is 29.2. The maximum Gasteiger partial charge on any atom is 0.346 e. The minimum absolute atomic E-state index is 0.108. The van der Waals surface area contributed by atoms with Crippen molar-refractivity contribution in [3.8, 4) is 11.5 Å². The molecule has 0 spiro atoms. The largest absolute Gasteiger partial charge is 0.423 e. The van der Waals surface area contributed by atoms with Gasteiger partial charge in [0.05, 0.1) is 28.7 Å². The van der Waals surface area contributed by atoms with Crippen LogP contribution in [0.15, 0.2) is 109 Å². The van der Waals surface area contributed by atoms with E-state index < -0.39 is 23.9 Å². The van der Waals surface area contributed by atoms with E-state index in [1.807, 2.05) is 24.3 Å². The molecule has 7 aromatic rings. The van der Waals surface area contributed by atoms with Gasteiger partial charge in [-0.2, -0.15) is 0 Å². The van der Waals surface area contributed by atoms with Crippen LogP contribution in [0.4, 0.5) is 0 Å². The summed E-state index contributed by atoms with van der Waals surface area (Å²) in [6.45, 7) is 0. The predicted octanol–water partition coefficient (Wildman–Crippen LogP) is 7.82. The van der Waals surface area contributed by atoms with Gasteiger partial charge >= 0.3 is 23.9 Å². The molecule has 0 fully saturated rings. The molecule has 0 N–H and O–H groups in total. The van der Waals surface area contributed by atoms with Crippen molar-refractivity contribution < 1.29 is 43.0 Å². The zero-order valence-electron chi connectivity index (χ0n) is 25.8. The molecule has 0 saturated heterocycles. The first-order valence-electron chi connectivity index (χ1n) is 15.6. The van der Waals surface area contributed by atoms with Crippen molar-refractivity contribution in [2.45, 2.75) is 6.42 Å². The lowest BCUT2D eigenvalue weighted by atomic mass is 9.98. The molecule has 0 aromatic heterocycles. The van der Waals surface area contributed by atoms with Crippen LogP contribution in [-0.2, 0) is 4.74 Å². The fourth-order valence-corrected chi connectivity index (χ4v) is 6.59. The highest BCUT2D eigenvalue weighted by molar-refractivity contribution is 6.26. The van der Waals surface area contributed by atoms with Crippen molar-refractivity contribution in [1.82, 2.24) is 0 Å². The molecule has 1 aliphatic heterocycles. The first-order chi connectivity index (χ1) is 24.2. The van der Waals surface area contributed by atoms with Crippen molar-refractivity contribution >= 4 is 78.5 Å². The highest BCUT2D eigenvalue weighted by Gasteiger charge is 2.30. The molecule has 2 aliphatic rings. The Balaban J connectivity index is 0.905. The second kappa shape index (κ2) is 10.8. The van der Waals surface area contributed by atoms with Gasteiger partial charge in [0.1, 0.15) is 11.5 Å². The molecule has 7 aromatic carbocycles. The fourth-order valence-electron chi connectivity index (χ4n) is 6.59. The average molecular weight is 657 g/mol. The fraction of sp³-hybridized carbons (Fsp3) is 0.0244. The summed E-state index contributed by atoms with van der Waals surface area (Å²) in [5.74, 6) is -2.38. The molecule has 9 heteroatoms. The molecule has 0 saturated carbocycles. The van der Waals surface area contributed by atoms with E-state index in [0.717, 1.165) is 43.1 Å². The van der Waals surface area contributed by atoms with Gasteiger partial charge in [-0.3, -0.25) is 9.59 Å². The van der Waals surface area contributed by atoms with E-state index in [9.17, 15) is 28.8 Å². The number of benzene rings is 7. The van der Waals surface area contributed by atoms with Crippen molar-refractivity contribution in [3.05, 3.63) is 143 Å². The summed E-state index contributed by atoms with van der Waals surface area (Å²) in [5, 5.41) is 6.31. The summed E-state index contributed by atoms with van der Waals surface area (Å²) in [4.78, 5) is 74.5. The average Bonchev–Trinajstić information content (AvgIpc) is 3.55. The maximum atomic E-state index is 13.0. The van der Waals surface area contributed by atoms with E-state index in [-0.39, 0.29) is 40.6 Å². The number of Topliss-reactive ketones (excluding diaryl/α,β-unsaturated/α-hetero) is 2. The van der Waals surface area contributed by atoms with Crippen LogP contribution in [0.3, 0.4) is 0 Å². The van der Waals surface area contributed by atoms with E-state index in [2.05, 4.69) is 0 Å². The minimum Gasteiger partial charge on any atom is -0.423 e. The molecule has 238 valence electrons. The van der Waals surface area contributed by atoms with Crippen molar-refractivity contribution in [2.24, 2.45) is 0 Å². The molecule has 0 atom stereocenters. The predicted molar refractivity (Wildman–Crippen MR) is 182 cm³/mol. The van der Waals surface area contributed by atoms with Crippen LogP contribution < -0.4 is 9.47 Å². The zero-order chi connectivity index (χ0) is 34.3. The third kappa shape index (κ3) is 4.79. The molecule has 50 heavy (non-hydrogen) atoms. The van der Waals surface area contributed by atoms with Crippen LogP contribution in [0.2, 0.25) is 0 Å². The molecule has 9 nitrogen and oxygen atoms in total. The van der Waals surface area contributed by atoms with Gasteiger partial charge in [-0.15, -0.1) is 0 Å². The molecular weight excluding hydrogens is 636 g/mol. The van der Waals surface area contributed by atoms with Crippen LogP contribution in [0.5, 0.6) is 11.5 Å². The maximum absolute atomic E-state index is 13.0. The van der Waals surface area contributed by atoms with Crippen molar-refractivity contribution in [2.75, 3.05) is 0 Å². The summed E-state index contributed by atoms with van der Waals surface area (Å²) in [7, 11) is 0. The van der Waals surface area contributed by atoms with E-state index >= 15 is 0 Å². The van der Waals surface area contributed by atoms with Gasteiger partial charge in [0.15, 0.2) is 11.6 Å². The summed E-state index contributed by atoms with van der Waals surface area (Å²) in [6.07, 6.45) is -0.108. The van der Waals surface area contributed by atoms with Crippen LogP contribution in [0.25, 0.3) is 43.1 Å². The second-order valence-corrected chi connectivity index (χ2v) is 12.3. The Morgan fingerprint density at radius 2 is 0.780 bits per heavy atom. The van der Waals surface area contributed by atoms with E-state index in [4.69, 9.17) is 14.2 Å². The molecule has 1 aliphatic carbocycles. The number of fused-ring (bicyclic) bond motifs is 6. The number of hydrogen-bond donors (Lipinski definition) is 0. The van der Waals surface area contributed by atoms with Crippen LogP contribution in [0.1, 0.15) is 68.6 Å². The number of esters is 4. The number of carbonyl (C=O) groups is 6. The van der Waals surface area contributed by atoms with Gasteiger partial charge < -0.3 is 14.2 Å². The Morgan fingerprint density at radius 3 is 1.20 bits per heavy atom. The monoisotopic (exact) mass is 656 g/mol. The highest BCUT2D eigenvalue weighted by Crippen LogP contribution is 2.32. The van der Waals surface area contributed by atoms with Gasteiger partial charge in [0.25, 0.3) is 0 Å². The Kier molecular flexibility index (Phi) is 6.28. The van der Waals surface area contributed by atoms with E-state index in [0.29, 0.717) is 22.3 Å². The summed E-state index contributed by atoms with van der Waals surface area (Å²) < 4.78 is 15.9. The van der Waals surface area contributed by atoms with Gasteiger partial charge in [-0.1, -0.05) is 12.1 Å². The molecule has 0 bridgehead atoms. The lowest BCUT2D eigenvalue weighted by Crippen LogP contribution is -2.09. The third-order valence-corrected chi connectivity index (χ3v) is 9.13. The molecule has 0 radical (unpaired) electrons. The van der Waals surface area contributed by atoms with Crippen molar-refractivity contribution in [3.63, 3.8) is 0 Å². The van der Waals surface area contributed by atoms with Crippen LogP contribution in [-0.4, -0.2) is 35.4 Å². The quantitative estimate of drug-likeness (QED) is 0.0806. The summed E-state index contributed by atoms with van der Waals surface area (Å²) >= 11 is 0. The lowest BCUT2D eigenvalue weighted by molar-refractivity contribution is 0.0442. The smallest absolute Gasteiger partial charge is 0.346 e. The topological polar surface area (TPSA) is 130 Å². The number of hydrogen-bond acceptors (Lipinski definition) is 9. The highest BCUT2D eigenvalue weighted by atomic mass is 16.6. The van der Waals surface area contributed by atoms with Gasteiger partial charge in [0, 0.05) is 11.1 Å². The standard InChI is InChI=1S/C41H20O9/c42-36-19-37(43)33-16-28-13-24-11-22(3-1-20(24)9-26(28)15-32(33)36)38(44)48-30-5-7-31(8-6-30)49-39(45)23-4-2-21-10-27-17-34-35(41(47)50-40(34)46)18-29(27)14-25(21)12-23/h1-18H,19H2. The Hall–Kier alpha value is -7.00. The SMILES string of the molecule is O=C(Oc1ccc(OC(=O)c2ccc3cc4cc5c(cc4cc3c2)C(=O)OC5=O)cc1)c1ccc2cc3cc4c(cc3cc2c1)C(=O)CC4=O. The minimum atomic E-state index is -0.684. The van der Waals surface area contributed by atoms with Gasteiger partial charge in [0.2, 0.25) is 0 Å². The normalized spacial score (nSPS) is 13.6. The molecule has 0 unspecified atom stereocenters. The third-order valence-electron chi connectivity index (χ3n) is 9.13. The number of rotatable bonds is 4. The second-order valence-electron chi connectivity index (χ2n) is 12.3. The van der Waals surface area contributed by atoms with Gasteiger partial charge in [-0.05, 0) is 140 Å². The van der Waals surface area contributed by atoms with Crippen LogP contribution in [0, 0.1) is 0 Å².